The maximum atomic E-state index is 9.47. The Kier molecular flexibility index (Phi) is 13.8. The summed E-state index contributed by atoms with van der Waals surface area (Å²) >= 11 is 0. The predicted octanol–water partition coefficient (Wildman–Crippen LogP) is -2.82. The molecule has 0 heterocycles. The average molecular weight is 580 g/mol. The van der Waals surface area contributed by atoms with Gasteiger partial charge in [0.2, 0.25) is 0 Å². The third-order valence-electron chi connectivity index (χ3n) is 0.161. The van der Waals surface area contributed by atoms with Gasteiger partial charge >= 0.3 is 73.6 Å². The van der Waals surface area contributed by atoms with Crippen LogP contribution in [0.4, 0.5) is 0 Å². The zero-order chi connectivity index (χ0) is 6.78. The molecular formula is H7O6PPb2S. The Bertz CT molecular complexity index is 149. The maximum absolute atomic E-state index is 9.47. The molecule has 0 aliphatic carbocycles. The molecule has 0 bridgehead atoms. The van der Waals surface area contributed by atoms with Crippen LogP contribution in [0.15, 0.2) is 0 Å². The molecule has 3 N–H and O–H groups in total. The van der Waals surface area contributed by atoms with Gasteiger partial charge in [0.1, 0.15) is 0 Å². The van der Waals surface area contributed by atoms with E-state index in [4.69, 9.17) is 14.3 Å². The Balaban J connectivity index is -0.000000245. The summed E-state index contributed by atoms with van der Waals surface area (Å²) in [5.41, 5.74) is 0. The van der Waals surface area contributed by atoms with Crippen molar-refractivity contribution in [1.82, 2.24) is 0 Å². The van der Waals surface area contributed by atoms with E-state index in [9.17, 15) is 8.42 Å². The molecule has 0 aromatic rings. The fourth-order valence-corrected chi connectivity index (χ4v) is 0.758. The number of hydrogen-bond donors (Lipinski definition) is 3. The van der Waals surface area contributed by atoms with Crippen molar-refractivity contribution in [2.45, 2.75) is 0 Å². The Hall–Kier alpha value is 2.06. The zero-order valence-corrected chi connectivity index (χ0v) is 17.5. The van der Waals surface area contributed by atoms with Crippen LogP contribution in [0, 0.1) is 0 Å². The molecule has 4 radical (unpaired) electrons. The van der Waals surface area contributed by atoms with Crippen LogP contribution >= 0.6 is 8.60 Å². The van der Waals surface area contributed by atoms with Gasteiger partial charge in [0.25, 0.3) is 0 Å². The van der Waals surface area contributed by atoms with Crippen LogP contribution < -0.4 is 0 Å². The van der Waals surface area contributed by atoms with E-state index < -0.39 is 19.0 Å². The van der Waals surface area contributed by atoms with Gasteiger partial charge in [-0.15, -0.1) is 0 Å². The van der Waals surface area contributed by atoms with E-state index >= 15 is 0 Å². The van der Waals surface area contributed by atoms with Crippen LogP contribution in [0.5, 0.6) is 0 Å². The number of rotatable bonds is 2. The molecule has 0 spiro atoms. The minimum atomic E-state index is -4.69. The van der Waals surface area contributed by atoms with Crippen molar-refractivity contribution in [3.8, 4) is 0 Å². The molecule has 0 aliphatic heterocycles. The summed E-state index contributed by atoms with van der Waals surface area (Å²) in [6.45, 7) is 0. The van der Waals surface area contributed by atoms with Gasteiger partial charge in [-0.1, -0.05) is 0 Å². The van der Waals surface area contributed by atoms with E-state index in [2.05, 4.69) is 3.97 Å². The molecule has 0 aromatic heterocycles. The summed E-state index contributed by atoms with van der Waals surface area (Å²) in [5, 5.41) is 0. The van der Waals surface area contributed by atoms with Crippen LogP contribution in [0.3, 0.4) is 0 Å². The fraction of sp³-hybridized carbons (Fsp3) is 0. The first kappa shape index (κ1) is 18.0. The van der Waals surface area contributed by atoms with Gasteiger partial charge in [0.15, 0.2) is 0 Å². The molecule has 0 saturated heterocycles. The first-order chi connectivity index (χ1) is 3.42. The van der Waals surface area contributed by atoms with E-state index in [0.717, 1.165) is 0 Å². The van der Waals surface area contributed by atoms with E-state index in [0.29, 0.717) is 0 Å². The monoisotopic (exact) mass is 582 g/mol. The Labute approximate surface area is 99.2 Å². The van der Waals surface area contributed by atoms with Gasteiger partial charge < -0.3 is 9.79 Å². The molecule has 6 nitrogen and oxygen atoms in total. The molecule has 0 amide bonds. The Morgan fingerprint density at radius 2 is 1.50 bits per heavy atom. The van der Waals surface area contributed by atoms with E-state index in [-0.39, 0.29) is 54.6 Å². The normalized spacial score (nSPS) is 10.0. The molecule has 0 aromatic carbocycles. The summed E-state index contributed by atoms with van der Waals surface area (Å²) < 4.78 is 29.7. The summed E-state index contributed by atoms with van der Waals surface area (Å²) in [4.78, 5) is 15.5. The van der Waals surface area contributed by atoms with Crippen LogP contribution in [0.1, 0.15) is 0 Å². The molecule has 0 atom stereocenters. The first-order valence-corrected chi connectivity index (χ1v) is 3.80. The third kappa shape index (κ3) is 16.6. The fourth-order valence-electron chi connectivity index (χ4n) is 0.0842. The average Bonchev–Trinajstić information content (AvgIpc) is 1.21. The van der Waals surface area contributed by atoms with Crippen LogP contribution in [0.25, 0.3) is 0 Å². The Morgan fingerprint density at radius 1 is 1.20 bits per heavy atom. The molecule has 10 heavy (non-hydrogen) atoms. The molecule has 0 aliphatic rings. The van der Waals surface area contributed by atoms with Gasteiger partial charge in [-0.05, 0) is 0 Å². The molecule has 0 fully saturated rings. The quantitative estimate of drug-likeness (QED) is 0.185. The number of hydrogen-bond acceptors (Lipinski definition) is 5. The van der Waals surface area contributed by atoms with E-state index in [1.807, 2.05) is 0 Å². The third-order valence-corrected chi connectivity index (χ3v) is 1.45. The summed E-state index contributed by atoms with van der Waals surface area (Å²) in [6.07, 6.45) is 0. The van der Waals surface area contributed by atoms with Gasteiger partial charge in [-0.25, -0.2) is 0 Å². The molecule has 0 unspecified atom stereocenters. The van der Waals surface area contributed by atoms with Crippen molar-refractivity contribution >= 4 is 73.6 Å². The Morgan fingerprint density at radius 3 is 1.50 bits per heavy atom. The molecule has 0 saturated carbocycles. The topological polar surface area (TPSA) is 104 Å². The van der Waals surface area contributed by atoms with Crippen molar-refractivity contribution in [1.29, 1.82) is 0 Å². The standard InChI is InChI=1S/H3O6PS.2Pb.4H/c1-7(2)6-8(3,4)5;;;;;;/h1-2H,(H,3,4,5);;;;;;. The van der Waals surface area contributed by atoms with Crippen LogP contribution in [-0.4, -0.2) is 77.4 Å². The SMILES string of the molecule is O=S(=O)(O)OP(O)O.[PbH2].[PbH2]. The second-order valence-electron chi connectivity index (χ2n) is 0.755. The van der Waals surface area contributed by atoms with E-state index in [1.165, 1.54) is 0 Å². The van der Waals surface area contributed by atoms with Crippen LogP contribution in [0.2, 0.25) is 0 Å². The summed E-state index contributed by atoms with van der Waals surface area (Å²) in [6, 6.07) is 0. The predicted molar refractivity (Wildman–Crippen MR) is 41.1 cm³/mol. The molecule has 0 rings (SSSR count). The summed E-state index contributed by atoms with van der Waals surface area (Å²) in [7, 11) is -7.72. The molecule has 10 heteroatoms. The van der Waals surface area contributed by atoms with Crippen molar-refractivity contribution in [3.63, 3.8) is 0 Å². The second-order valence-corrected chi connectivity index (χ2v) is 2.71. The first-order valence-electron chi connectivity index (χ1n) is 1.27. The summed E-state index contributed by atoms with van der Waals surface area (Å²) in [5.74, 6) is 0. The van der Waals surface area contributed by atoms with Crippen molar-refractivity contribution in [3.05, 3.63) is 0 Å². The molecular weight excluding hydrogens is 573 g/mol. The minimum absolute atomic E-state index is 0. The second kappa shape index (κ2) is 7.70. The zero-order valence-electron chi connectivity index (χ0n) is 4.84. The van der Waals surface area contributed by atoms with Crippen molar-refractivity contribution in [2.75, 3.05) is 0 Å². The molecule has 62 valence electrons. The van der Waals surface area contributed by atoms with Gasteiger partial charge in [-0.2, -0.15) is 12.4 Å². The van der Waals surface area contributed by atoms with Crippen LogP contribution in [-0.2, 0) is 14.4 Å². The van der Waals surface area contributed by atoms with Gasteiger partial charge in [0, 0.05) is 0 Å². The van der Waals surface area contributed by atoms with Crippen molar-refractivity contribution in [2.24, 2.45) is 0 Å². The van der Waals surface area contributed by atoms with Crippen molar-refractivity contribution < 1.29 is 26.7 Å². The van der Waals surface area contributed by atoms with Gasteiger partial charge in [0.05, 0.1) is 0 Å². The van der Waals surface area contributed by atoms with E-state index in [1.54, 1.807) is 0 Å². The van der Waals surface area contributed by atoms with Gasteiger partial charge in [-0.3, -0.25) is 4.55 Å².